The number of hydrogen-bond acceptors (Lipinski definition) is 4. The number of imidazole rings is 1. The van der Waals surface area contributed by atoms with Crippen LogP contribution in [-0.2, 0) is 20.0 Å². The minimum Gasteiger partial charge on any atom is -0.331 e. The second kappa shape index (κ2) is 4.89. The Balaban J connectivity index is 1.97. The van der Waals surface area contributed by atoms with Gasteiger partial charge in [0.15, 0.2) is 0 Å². The summed E-state index contributed by atoms with van der Waals surface area (Å²) in [6.07, 6.45) is 6.74. The highest BCUT2D eigenvalue weighted by Gasteiger charge is 2.02. The molecule has 86 valence electrons. The molecule has 2 heterocycles. The van der Waals surface area contributed by atoms with E-state index in [1.54, 1.807) is 4.68 Å². The van der Waals surface area contributed by atoms with Crippen LogP contribution in [0.25, 0.3) is 0 Å². The summed E-state index contributed by atoms with van der Waals surface area (Å²) >= 11 is 0. The van der Waals surface area contributed by atoms with E-state index in [1.165, 1.54) is 0 Å². The van der Waals surface area contributed by atoms with Crippen LogP contribution in [-0.4, -0.2) is 38.1 Å². The van der Waals surface area contributed by atoms with Crippen molar-refractivity contribution in [2.75, 3.05) is 13.6 Å². The van der Waals surface area contributed by atoms with Crippen LogP contribution in [0.2, 0.25) is 0 Å². The first-order valence-corrected chi connectivity index (χ1v) is 5.28. The van der Waals surface area contributed by atoms with E-state index in [0.29, 0.717) is 0 Å². The number of likely N-dealkylation sites (N-methyl/N-ethyl adjacent to an activating group) is 1. The number of aromatic nitrogens is 5. The zero-order valence-electron chi connectivity index (χ0n) is 9.59. The molecule has 0 fully saturated rings. The van der Waals surface area contributed by atoms with Crippen molar-refractivity contribution in [3.8, 4) is 0 Å². The number of rotatable bonds is 5. The van der Waals surface area contributed by atoms with Gasteiger partial charge in [-0.15, -0.1) is 5.10 Å². The van der Waals surface area contributed by atoms with Gasteiger partial charge in [0.1, 0.15) is 5.69 Å². The molecule has 2 aromatic heterocycles. The molecule has 0 unspecified atom stereocenters. The summed E-state index contributed by atoms with van der Waals surface area (Å²) in [4.78, 5) is 4.32. The number of aryl methyl sites for hydroxylation is 1. The molecule has 6 heteroatoms. The molecule has 2 aromatic rings. The summed E-state index contributed by atoms with van der Waals surface area (Å²) in [7, 11) is 3.80. The van der Waals surface area contributed by atoms with Crippen LogP contribution in [0.15, 0.2) is 18.7 Å². The second-order valence-corrected chi connectivity index (χ2v) is 3.77. The van der Waals surface area contributed by atoms with E-state index in [4.69, 9.17) is 0 Å². The van der Waals surface area contributed by atoms with E-state index in [9.17, 15) is 0 Å². The molecule has 1 N–H and O–H groups in total. The summed E-state index contributed by atoms with van der Waals surface area (Å²) in [5.41, 5.74) is 2.04. The lowest BCUT2D eigenvalue weighted by Gasteiger charge is -1.96. The van der Waals surface area contributed by atoms with E-state index in [2.05, 4.69) is 20.6 Å². The lowest BCUT2D eigenvalue weighted by atomic mass is 10.3. The molecule has 0 saturated carbocycles. The Hall–Kier alpha value is -1.69. The Morgan fingerprint density at radius 1 is 1.31 bits per heavy atom. The van der Waals surface area contributed by atoms with Gasteiger partial charge in [0.2, 0.25) is 0 Å². The summed E-state index contributed by atoms with van der Waals surface area (Å²) in [6.45, 7) is 1.67. The zero-order valence-corrected chi connectivity index (χ0v) is 9.59. The van der Waals surface area contributed by atoms with E-state index in [0.717, 1.165) is 30.9 Å². The fraction of sp³-hybridized carbons (Fsp3) is 0.500. The first-order valence-electron chi connectivity index (χ1n) is 5.28. The van der Waals surface area contributed by atoms with Gasteiger partial charge in [-0.25, -0.2) is 4.98 Å². The molecule has 0 spiro atoms. The maximum absolute atomic E-state index is 4.32. The van der Waals surface area contributed by atoms with Gasteiger partial charge in [-0.3, -0.25) is 4.68 Å². The molecule has 0 atom stereocenters. The van der Waals surface area contributed by atoms with E-state index in [1.807, 2.05) is 37.4 Å². The average Bonchev–Trinajstić information content (AvgIpc) is 2.86. The van der Waals surface area contributed by atoms with Crippen molar-refractivity contribution in [3.05, 3.63) is 30.1 Å². The van der Waals surface area contributed by atoms with Crippen LogP contribution >= 0.6 is 0 Å². The van der Waals surface area contributed by atoms with Crippen LogP contribution in [0.5, 0.6) is 0 Å². The molecule has 0 aliphatic carbocycles. The van der Waals surface area contributed by atoms with Crippen molar-refractivity contribution in [1.29, 1.82) is 0 Å². The van der Waals surface area contributed by atoms with Crippen LogP contribution in [0.4, 0.5) is 0 Å². The zero-order chi connectivity index (χ0) is 11.4. The van der Waals surface area contributed by atoms with Gasteiger partial charge in [-0.05, 0) is 7.05 Å². The highest BCUT2D eigenvalue weighted by atomic mass is 15.4. The lowest BCUT2D eigenvalue weighted by molar-refractivity contribution is 0.709. The predicted octanol–water partition coefficient (Wildman–Crippen LogP) is -0.178. The smallest absolute Gasteiger partial charge is 0.102 e. The van der Waals surface area contributed by atoms with Crippen molar-refractivity contribution in [3.63, 3.8) is 0 Å². The highest BCUT2D eigenvalue weighted by Crippen LogP contribution is 2.01. The molecular formula is C10H16N6. The lowest BCUT2D eigenvalue weighted by Crippen LogP contribution is -2.10. The number of hydrogen-bond donors (Lipinski definition) is 1. The normalized spacial score (nSPS) is 10.9. The standard InChI is InChI=1S/C10H16N6/c1-11-4-3-9-6-16(8-12-9)7-10-5-15(2)14-13-10/h5-6,8,11H,3-4,7H2,1-2H3. The van der Waals surface area contributed by atoms with Crippen LogP contribution in [0.3, 0.4) is 0 Å². The molecular weight excluding hydrogens is 204 g/mol. The molecule has 0 amide bonds. The summed E-state index contributed by atoms with van der Waals surface area (Å²) in [6, 6.07) is 0. The Morgan fingerprint density at radius 3 is 2.88 bits per heavy atom. The SMILES string of the molecule is CNCCc1cn(Cc2cn(C)nn2)cn1. The molecule has 6 nitrogen and oxygen atoms in total. The molecule has 0 aliphatic heterocycles. The number of nitrogens with zero attached hydrogens (tertiary/aromatic N) is 5. The quantitative estimate of drug-likeness (QED) is 0.759. The molecule has 2 rings (SSSR count). The fourth-order valence-corrected chi connectivity index (χ4v) is 1.53. The maximum Gasteiger partial charge on any atom is 0.102 e. The third-order valence-corrected chi connectivity index (χ3v) is 2.31. The van der Waals surface area contributed by atoms with Crippen LogP contribution < -0.4 is 5.32 Å². The molecule has 0 saturated heterocycles. The van der Waals surface area contributed by atoms with Gasteiger partial charge in [-0.1, -0.05) is 5.21 Å². The minimum absolute atomic E-state index is 0.723. The predicted molar refractivity (Wildman–Crippen MR) is 60.0 cm³/mol. The molecule has 0 radical (unpaired) electrons. The topological polar surface area (TPSA) is 60.6 Å². The molecule has 0 aliphatic rings. The van der Waals surface area contributed by atoms with Gasteiger partial charge in [-0.2, -0.15) is 0 Å². The van der Waals surface area contributed by atoms with Gasteiger partial charge < -0.3 is 9.88 Å². The summed E-state index contributed by atoms with van der Waals surface area (Å²) in [5, 5.41) is 11.0. The van der Waals surface area contributed by atoms with E-state index >= 15 is 0 Å². The van der Waals surface area contributed by atoms with E-state index in [-0.39, 0.29) is 0 Å². The van der Waals surface area contributed by atoms with Crippen molar-refractivity contribution in [2.24, 2.45) is 7.05 Å². The van der Waals surface area contributed by atoms with Crippen molar-refractivity contribution in [1.82, 2.24) is 29.9 Å². The first kappa shape index (κ1) is 10.8. The Morgan fingerprint density at radius 2 is 2.19 bits per heavy atom. The van der Waals surface area contributed by atoms with Gasteiger partial charge in [0.05, 0.1) is 18.6 Å². The van der Waals surface area contributed by atoms with Crippen LogP contribution in [0, 0.1) is 0 Å². The third-order valence-electron chi connectivity index (χ3n) is 2.31. The summed E-state index contributed by atoms with van der Waals surface area (Å²) < 4.78 is 3.73. The minimum atomic E-state index is 0.723. The van der Waals surface area contributed by atoms with Gasteiger partial charge in [0, 0.05) is 32.4 Å². The Kier molecular flexibility index (Phi) is 3.31. The third kappa shape index (κ3) is 2.66. The largest absolute Gasteiger partial charge is 0.331 e. The van der Waals surface area contributed by atoms with Gasteiger partial charge >= 0.3 is 0 Å². The van der Waals surface area contributed by atoms with Crippen molar-refractivity contribution < 1.29 is 0 Å². The van der Waals surface area contributed by atoms with Crippen molar-refractivity contribution in [2.45, 2.75) is 13.0 Å². The van der Waals surface area contributed by atoms with E-state index < -0.39 is 0 Å². The highest BCUT2D eigenvalue weighted by molar-refractivity contribution is 5.01. The fourth-order valence-electron chi connectivity index (χ4n) is 1.53. The second-order valence-electron chi connectivity index (χ2n) is 3.77. The Bertz CT molecular complexity index is 444. The molecule has 0 bridgehead atoms. The number of nitrogens with one attached hydrogen (secondary N) is 1. The molecule has 16 heavy (non-hydrogen) atoms. The van der Waals surface area contributed by atoms with Gasteiger partial charge in [0.25, 0.3) is 0 Å². The van der Waals surface area contributed by atoms with Crippen molar-refractivity contribution >= 4 is 0 Å². The maximum atomic E-state index is 4.32. The average molecular weight is 220 g/mol. The molecule has 0 aromatic carbocycles. The summed E-state index contributed by atoms with van der Waals surface area (Å²) in [5.74, 6) is 0. The monoisotopic (exact) mass is 220 g/mol. The Labute approximate surface area is 94.3 Å². The first-order chi connectivity index (χ1) is 7.78. The van der Waals surface area contributed by atoms with Crippen LogP contribution in [0.1, 0.15) is 11.4 Å².